The van der Waals surface area contributed by atoms with E-state index in [1.54, 1.807) is 9.80 Å². The number of aromatic nitrogens is 2. The smallest absolute Gasteiger partial charge is 0.467 e. The van der Waals surface area contributed by atoms with Crippen molar-refractivity contribution < 1.29 is 31.8 Å². The van der Waals surface area contributed by atoms with Crippen molar-refractivity contribution in [3.8, 4) is 17.8 Å². The maximum atomic E-state index is 14.0. The van der Waals surface area contributed by atoms with Gasteiger partial charge in [-0.3, -0.25) is 4.79 Å². The summed E-state index contributed by atoms with van der Waals surface area (Å²) in [5, 5.41) is 9.28. The molecule has 1 aromatic carbocycles. The van der Waals surface area contributed by atoms with E-state index in [2.05, 4.69) is 27.4 Å². The number of ether oxygens (including phenoxy) is 2. The van der Waals surface area contributed by atoms with Crippen LogP contribution in [-0.4, -0.2) is 66.5 Å². The molecule has 196 valence electrons. The van der Waals surface area contributed by atoms with Crippen LogP contribution < -0.4 is 19.3 Å². The van der Waals surface area contributed by atoms with E-state index >= 15 is 0 Å². The van der Waals surface area contributed by atoms with Crippen LogP contribution in [0.15, 0.2) is 30.9 Å². The van der Waals surface area contributed by atoms with Crippen molar-refractivity contribution in [3.05, 3.63) is 47.9 Å². The predicted molar refractivity (Wildman–Crippen MR) is 125 cm³/mol. The van der Waals surface area contributed by atoms with Crippen LogP contribution >= 0.6 is 0 Å². The zero-order valence-corrected chi connectivity index (χ0v) is 20.0. The molecule has 3 heterocycles. The second-order valence-corrected chi connectivity index (χ2v) is 8.49. The van der Waals surface area contributed by atoms with Crippen LogP contribution in [0.5, 0.6) is 11.8 Å². The van der Waals surface area contributed by atoms with Crippen molar-refractivity contribution in [1.82, 2.24) is 14.9 Å². The fourth-order valence-corrected chi connectivity index (χ4v) is 4.63. The molecular weight excluding hydrogens is 496 g/mol. The molecule has 1 atom stereocenters. The summed E-state index contributed by atoms with van der Waals surface area (Å²) in [6.45, 7) is 4.98. The first-order chi connectivity index (χ1) is 17.6. The highest BCUT2D eigenvalue weighted by Crippen LogP contribution is 2.38. The van der Waals surface area contributed by atoms with Crippen LogP contribution in [0.4, 0.5) is 29.1 Å². The van der Waals surface area contributed by atoms with Gasteiger partial charge in [-0.1, -0.05) is 6.58 Å². The Morgan fingerprint density at radius 2 is 2.05 bits per heavy atom. The Bertz CT molecular complexity index is 1230. The molecule has 0 radical (unpaired) electrons. The number of hydrogen-bond acceptors (Lipinski definition) is 8. The molecule has 1 saturated heterocycles. The first kappa shape index (κ1) is 26.0. The fourth-order valence-electron chi connectivity index (χ4n) is 4.63. The minimum Gasteiger partial charge on any atom is -0.467 e. The number of piperazine rings is 1. The first-order valence-corrected chi connectivity index (χ1v) is 11.4. The SMILES string of the molecule is C=CC(=O)N1CCN(c2nc(OC)nc3c2CCN(c2cc(F)ccc2OC(F)(F)F)C3)CC1CC#N. The van der Waals surface area contributed by atoms with Crippen molar-refractivity contribution in [1.29, 1.82) is 5.26 Å². The second kappa shape index (κ2) is 10.5. The number of halogens is 4. The van der Waals surface area contributed by atoms with E-state index in [1.165, 1.54) is 13.2 Å². The number of nitrogens with zero attached hydrogens (tertiary/aromatic N) is 6. The molecule has 0 spiro atoms. The average molecular weight is 520 g/mol. The lowest BCUT2D eigenvalue weighted by Crippen LogP contribution is -2.55. The number of carbonyl (C=O) groups is 1. The van der Waals surface area contributed by atoms with Gasteiger partial charge in [0.15, 0.2) is 5.75 Å². The van der Waals surface area contributed by atoms with Gasteiger partial charge in [-0.15, -0.1) is 13.2 Å². The molecule has 13 heteroatoms. The molecule has 4 rings (SSSR count). The van der Waals surface area contributed by atoms with Gasteiger partial charge in [-0.2, -0.15) is 15.2 Å². The molecular formula is C24H24F4N6O3. The molecule has 2 aliphatic heterocycles. The number of alkyl halides is 3. The molecule has 0 aliphatic carbocycles. The molecule has 2 aliphatic rings. The van der Waals surface area contributed by atoms with Crippen molar-refractivity contribution in [2.24, 2.45) is 0 Å². The van der Waals surface area contributed by atoms with Crippen LogP contribution in [0.2, 0.25) is 0 Å². The number of methoxy groups -OCH3 is 1. The third-order valence-corrected chi connectivity index (χ3v) is 6.26. The van der Waals surface area contributed by atoms with Crippen LogP contribution in [0.25, 0.3) is 0 Å². The van der Waals surface area contributed by atoms with Gasteiger partial charge in [0.05, 0.1) is 43.6 Å². The third kappa shape index (κ3) is 5.68. The predicted octanol–water partition coefficient (Wildman–Crippen LogP) is 3.20. The number of amides is 1. The van der Waals surface area contributed by atoms with Crippen LogP contribution in [0, 0.1) is 17.1 Å². The lowest BCUT2D eigenvalue weighted by atomic mass is 10.0. The highest BCUT2D eigenvalue weighted by atomic mass is 19.4. The minimum atomic E-state index is -4.94. The van der Waals surface area contributed by atoms with E-state index in [4.69, 9.17) is 4.74 Å². The maximum absolute atomic E-state index is 14.0. The van der Waals surface area contributed by atoms with Crippen LogP contribution in [0.3, 0.4) is 0 Å². The number of fused-ring (bicyclic) bond motifs is 1. The maximum Gasteiger partial charge on any atom is 0.573 e. The largest absolute Gasteiger partial charge is 0.573 e. The molecule has 1 aromatic heterocycles. The van der Waals surface area contributed by atoms with Crippen LogP contribution in [-0.2, 0) is 17.8 Å². The third-order valence-electron chi connectivity index (χ3n) is 6.26. The number of rotatable bonds is 6. The molecule has 1 unspecified atom stereocenters. The van der Waals surface area contributed by atoms with E-state index in [9.17, 15) is 27.6 Å². The second-order valence-electron chi connectivity index (χ2n) is 8.49. The topological polar surface area (TPSA) is 94.8 Å². The summed E-state index contributed by atoms with van der Waals surface area (Å²) < 4.78 is 62.2. The fraction of sp³-hybridized carbons (Fsp3) is 0.417. The summed E-state index contributed by atoms with van der Waals surface area (Å²) in [5.74, 6) is -0.904. The molecule has 1 fully saturated rings. The monoisotopic (exact) mass is 520 g/mol. The Kier molecular flexibility index (Phi) is 7.37. The summed E-state index contributed by atoms with van der Waals surface area (Å²) in [5.41, 5.74) is 1.23. The van der Waals surface area contributed by atoms with Crippen LogP contribution in [0.1, 0.15) is 17.7 Å². The number of carbonyl (C=O) groups excluding carboxylic acids is 1. The van der Waals surface area contributed by atoms with Gasteiger partial charge in [-0.05, 0) is 24.6 Å². The standard InChI is InChI=1S/C24H24F4N6O3/c1-3-21(35)34-11-10-33(13-16(34)6-8-29)22-17-7-9-32(14-18(17)30-23(31-22)36-2)19-12-15(25)4-5-20(19)37-24(26,27)28/h3-5,12,16H,1,6-7,9-11,13-14H2,2H3. The minimum absolute atomic E-state index is 0.0484. The van der Waals surface area contributed by atoms with E-state index in [0.717, 1.165) is 23.8 Å². The quantitative estimate of drug-likeness (QED) is 0.424. The molecule has 0 bridgehead atoms. The zero-order valence-electron chi connectivity index (χ0n) is 20.0. The Morgan fingerprint density at radius 1 is 1.27 bits per heavy atom. The summed E-state index contributed by atoms with van der Waals surface area (Å²) >= 11 is 0. The highest BCUT2D eigenvalue weighted by Gasteiger charge is 2.35. The number of benzene rings is 1. The highest BCUT2D eigenvalue weighted by molar-refractivity contribution is 5.87. The Hall–Kier alpha value is -4.08. The zero-order chi connectivity index (χ0) is 26.7. The Balaban J connectivity index is 1.66. The molecule has 37 heavy (non-hydrogen) atoms. The number of anilines is 2. The summed E-state index contributed by atoms with van der Waals surface area (Å²) in [6, 6.07) is 4.63. The number of nitriles is 1. The van der Waals surface area contributed by atoms with Crippen molar-refractivity contribution in [2.75, 3.05) is 43.1 Å². The average Bonchev–Trinajstić information content (AvgIpc) is 2.87. The molecule has 0 N–H and O–H groups in total. The first-order valence-electron chi connectivity index (χ1n) is 11.4. The molecule has 9 nitrogen and oxygen atoms in total. The van der Waals surface area contributed by atoms with Gasteiger partial charge in [-0.25, -0.2) is 4.39 Å². The molecule has 2 aromatic rings. The van der Waals surface area contributed by atoms with Crippen molar-refractivity contribution in [2.45, 2.75) is 31.8 Å². The van der Waals surface area contributed by atoms with Gasteiger partial charge >= 0.3 is 12.4 Å². The normalized spacial score (nSPS) is 17.6. The van der Waals surface area contributed by atoms with Gasteiger partial charge in [0.1, 0.15) is 11.6 Å². The van der Waals surface area contributed by atoms with Crippen molar-refractivity contribution >= 4 is 17.4 Å². The Labute approximate surface area is 210 Å². The lowest BCUT2D eigenvalue weighted by Gasteiger charge is -2.42. The van der Waals surface area contributed by atoms with E-state index in [1.807, 2.05) is 4.90 Å². The van der Waals surface area contributed by atoms with Gasteiger partial charge in [0.25, 0.3) is 0 Å². The number of hydrogen-bond donors (Lipinski definition) is 0. The molecule has 1 amide bonds. The van der Waals surface area contributed by atoms with Gasteiger partial charge in [0.2, 0.25) is 5.91 Å². The van der Waals surface area contributed by atoms with E-state index in [0.29, 0.717) is 37.6 Å². The van der Waals surface area contributed by atoms with Gasteiger partial charge in [0, 0.05) is 37.8 Å². The molecule has 0 saturated carbocycles. The summed E-state index contributed by atoms with van der Waals surface area (Å²) in [4.78, 5) is 26.3. The Morgan fingerprint density at radius 3 is 2.73 bits per heavy atom. The van der Waals surface area contributed by atoms with E-state index in [-0.39, 0.29) is 43.2 Å². The summed E-state index contributed by atoms with van der Waals surface area (Å²) in [7, 11) is 1.40. The van der Waals surface area contributed by atoms with E-state index < -0.39 is 17.9 Å². The summed E-state index contributed by atoms with van der Waals surface area (Å²) in [6.07, 6.45) is -3.25. The van der Waals surface area contributed by atoms with Crippen molar-refractivity contribution in [3.63, 3.8) is 0 Å². The van der Waals surface area contributed by atoms with Gasteiger partial charge < -0.3 is 24.2 Å². The lowest BCUT2D eigenvalue weighted by molar-refractivity contribution is -0.274.